The van der Waals surface area contributed by atoms with E-state index < -0.39 is 0 Å². The number of rotatable bonds is 5. The topological polar surface area (TPSA) is 35.2 Å². The Balaban J connectivity index is 2.17. The molecule has 0 aliphatic rings. The van der Waals surface area contributed by atoms with Gasteiger partial charge in [0, 0.05) is 17.2 Å². The van der Waals surface area contributed by atoms with Gasteiger partial charge in [-0.05, 0) is 18.6 Å². The predicted molar refractivity (Wildman–Crippen MR) is 84.5 cm³/mol. The Labute approximate surface area is 129 Å². The van der Waals surface area contributed by atoms with Crippen molar-refractivity contribution in [2.45, 2.75) is 26.0 Å². The number of para-hydroxylation sites is 1. The van der Waals surface area contributed by atoms with Gasteiger partial charge in [0.1, 0.15) is 12.4 Å². The van der Waals surface area contributed by atoms with Crippen molar-refractivity contribution in [3.8, 4) is 5.75 Å². The number of hydrogen-bond donors (Lipinski definition) is 1. The molecule has 0 spiro atoms. The Hall–Kier alpha value is -1.22. The molecule has 106 valence electrons. The number of ether oxygens (including phenoxy) is 1. The fraction of sp³-hybridized carbons (Fsp3) is 0.250. The second kappa shape index (κ2) is 6.98. The molecule has 4 heteroatoms. The SMILES string of the molecule is CC[C@H](N)c1ccccc1OCc1cccc(Cl)c1Cl. The maximum Gasteiger partial charge on any atom is 0.124 e. The minimum absolute atomic E-state index is 0.0268. The van der Waals surface area contributed by atoms with Gasteiger partial charge < -0.3 is 10.5 Å². The lowest BCUT2D eigenvalue weighted by atomic mass is 10.0. The smallest absolute Gasteiger partial charge is 0.124 e. The Bertz CT molecular complexity index is 586. The first-order chi connectivity index (χ1) is 9.63. The molecule has 0 aliphatic carbocycles. The summed E-state index contributed by atoms with van der Waals surface area (Å²) in [5.41, 5.74) is 7.96. The lowest BCUT2D eigenvalue weighted by molar-refractivity contribution is 0.301. The standard InChI is InChI=1S/C16H17Cl2NO/c1-2-14(19)12-7-3-4-9-15(12)20-10-11-6-5-8-13(17)16(11)18/h3-9,14H,2,10,19H2,1H3/t14-/m0/s1. The normalized spacial score (nSPS) is 12.2. The molecule has 0 aromatic heterocycles. The van der Waals surface area contributed by atoms with Crippen LogP contribution in [0.15, 0.2) is 42.5 Å². The average molecular weight is 310 g/mol. The van der Waals surface area contributed by atoms with Gasteiger partial charge >= 0.3 is 0 Å². The molecule has 2 N–H and O–H groups in total. The van der Waals surface area contributed by atoms with Gasteiger partial charge in [-0.1, -0.05) is 60.5 Å². The molecule has 2 aromatic rings. The van der Waals surface area contributed by atoms with Crippen molar-refractivity contribution in [3.63, 3.8) is 0 Å². The molecule has 0 saturated carbocycles. The van der Waals surface area contributed by atoms with Gasteiger partial charge in [-0.25, -0.2) is 0 Å². The summed E-state index contributed by atoms with van der Waals surface area (Å²) in [6, 6.07) is 13.3. The van der Waals surface area contributed by atoms with Gasteiger partial charge in [-0.15, -0.1) is 0 Å². The van der Waals surface area contributed by atoms with Gasteiger partial charge in [-0.3, -0.25) is 0 Å². The third-order valence-corrected chi connectivity index (χ3v) is 4.03. The summed E-state index contributed by atoms with van der Waals surface area (Å²) in [7, 11) is 0. The quantitative estimate of drug-likeness (QED) is 0.845. The van der Waals surface area contributed by atoms with E-state index in [1.165, 1.54) is 0 Å². The molecule has 0 aliphatic heterocycles. The number of halogens is 2. The highest BCUT2D eigenvalue weighted by atomic mass is 35.5. The Morgan fingerprint density at radius 2 is 1.85 bits per heavy atom. The molecule has 2 rings (SSSR count). The molecule has 0 fully saturated rings. The lowest BCUT2D eigenvalue weighted by Crippen LogP contribution is -2.10. The van der Waals surface area contributed by atoms with Gasteiger partial charge in [0.15, 0.2) is 0 Å². The minimum atomic E-state index is -0.0268. The van der Waals surface area contributed by atoms with Gasteiger partial charge in [0.05, 0.1) is 10.0 Å². The van der Waals surface area contributed by atoms with E-state index in [9.17, 15) is 0 Å². The number of nitrogens with two attached hydrogens (primary N) is 1. The largest absolute Gasteiger partial charge is 0.489 e. The van der Waals surface area contributed by atoms with Gasteiger partial charge in [0.2, 0.25) is 0 Å². The highest BCUT2D eigenvalue weighted by Gasteiger charge is 2.11. The molecular weight excluding hydrogens is 293 g/mol. The zero-order valence-corrected chi connectivity index (χ0v) is 12.8. The van der Waals surface area contributed by atoms with Crippen LogP contribution in [0.5, 0.6) is 5.75 Å². The Morgan fingerprint density at radius 3 is 2.60 bits per heavy atom. The maximum absolute atomic E-state index is 6.15. The number of hydrogen-bond acceptors (Lipinski definition) is 2. The molecule has 0 radical (unpaired) electrons. The van der Waals surface area contributed by atoms with E-state index in [0.29, 0.717) is 16.7 Å². The van der Waals surface area contributed by atoms with E-state index in [0.717, 1.165) is 23.3 Å². The van der Waals surface area contributed by atoms with Crippen LogP contribution in [0.2, 0.25) is 10.0 Å². The van der Waals surface area contributed by atoms with Crippen LogP contribution in [0.3, 0.4) is 0 Å². The van der Waals surface area contributed by atoms with Crippen molar-refractivity contribution in [2.75, 3.05) is 0 Å². The van der Waals surface area contributed by atoms with E-state index in [2.05, 4.69) is 6.92 Å². The summed E-state index contributed by atoms with van der Waals surface area (Å²) in [5, 5.41) is 1.07. The Morgan fingerprint density at radius 1 is 1.10 bits per heavy atom. The molecule has 1 atom stereocenters. The van der Waals surface area contributed by atoms with E-state index in [4.69, 9.17) is 33.7 Å². The van der Waals surface area contributed by atoms with Crippen molar-refractivity contribution >= 4 is 23.2 Å². The lowest BCUT2D eigenvalue weighted by Gasteiger charge is -2.16. The molecule has 0 bridgehead atoms. The summed E-state index contributed by atoms with van der Waals surface area (Å²) >= 11 is 12.1. The fourth-order valence-corrected chi connectivity index (χ4v) is 2.33. The highest BCUT2D eigenvalue weighted by Crippen LogP contribution is 2.29. The minimum Gasteiger partial charge on any atom is -0.489 e. The van der Waals surface area contributed by atoms with Crippen molar-refractivity contribution < 1.29 is 4.74 Å². The van der Waals surface area contributed by atoms with Crippen molar-refractivity contribution in [2.24, 2.45) is 5.73 Å². The molecule has 0 heterocycles. The number of benzene rings is 2. The van der Waals surface area contributed by atoms with Crippen molar-refractivity contribution in [3.05, 3.63) is 63.6 Å². The summed E-state index contributed by atoms with van der Waals surface area (Å²) < 4.78 is 5.86. The molecule has 20 heavy (non-hydrogen) atoms. The van der Waals surface area contributed by atoms with Crippen LogP contribution >= 0.6 is 23.2 Å². The summed E-state index contributed by atoms with van der Waals surface area (Å²) in [6.45, 7) is 2.42. The third kappa shape index (κ3) is 3.45. The van der Waals surface area contributed by atoms with E-state index >= 15 is 0 Å². The zero-order valence-electron chi connectivity index (χ0n) is 11.3. The van der Waals surface area contributed by atoms with E-state index in [1.807, 2.05) is 36.4 Å². The molecular formula is C16H17Cl2NO. The van der Waals surface area contributed by atoms with Crippen molar-refractivity contribution in [1.29, 1.82) is 0 Å². The van der Waals surface area contributed by atoms with E-state index in [-0.39, 0.29) is 6.04 Å². The van der Waals surface area contributed by atoms with Crippen LogP contribution < -0.4 is 10.5 Å². The van der Waals surface area contributed by atoms with Crippen LogP contribution in [-0.4, -0.2) is 0 Å². The van der Waals surface area contributed by atoms with Gasteiger partial charge in [-0.2, -0.15) is 0 Å². The Kier molecular flexibility index (Phi) is 5.30. The molecule has 2 nitrogen and oxygen atoms in total. The zero-order chi connectivity index (χ0) is 14.5. The monoisotopic (exact) mass is 309 g/mol. The van der Waals surface area contributed by atoms with Crippen molar-refractivity contribution in [1.82, 2.24) is 0 Å². The third-order valence-electron chi connectivity index (χ3n) is 3.17. The molecule has 0 unspecified atom stereocenters. The molecule has 0 amide bonds. The first kappa shape index (κ1) is 15.2. The van der Waals surface area contributed by atoms with Crippen LogP contribution in [0.1, 0.15) is 30.5 Å². The maximum atomic E-state index is 6.15. The van der Waals surface area contributed by atoms with Crippen LogP contribution in [0, 0.1) is 0 Å². The second-order valence-electron chi connectivity index (χ2n) is 4.55. The van der Waals surface area contributed by atoms with E-state index in [1.54, 1.807) is 6.07 Å². The molecule has 0 saturated heterocycles. The van der Waals surface area contributed by atoms with Crippen LogP contribution in [0.25, 0.3) is 0 Å². The first-order valence-corrected chi connectivity index (χ1v) is 7.29. The first-order valence-electron chi connectivity index (χ1n) is 6.53. The second-order valence-corrected chi connectivity index (χ2v) is 5.34. The van der Waals surface area contributed by atoms with Crippen LogP contribution in [-0.2, 0) is 6.61 Å². The predicted octanol–water partition coefficient (Wildman–Crippen LogP) is 4.98. The summed E-state index contributed by atoms with van der Waals surface area (Å²) in [4.78, 5) is 0. The van der Waals surface area contributed by atoms with Crippen LogP contribution in [0.4, 0.5) is 0 Å². The summed E-state index contributed by atoms with van der Waals surface area (Å²) in [6.07, 6.45) is 0.859. The average Bonchev–Trinajstić information content (AvgIpc) is 2.48. The van der Waals surface area contributed by atoms with Gasteiger partial charge in [0.25, 0.3) is 0 Å². The highest BCUT2D eigenvalue weighted by molar-refractivity contribution is 6.42. The molecule has 2 aromatic carbocycles. The fourth-order valence-electron chi connectivity index (χ4n) is 1.95. The summed E-state index contributed by atoms with van der Waals surface area (Å²) in [5.74, 6) is 0.790.